The molecule has 1 aromatic carbocycles. The summed E-state index contributed by atoms with van der Waals surface area (Å²) in [6, 6.07) is 10.8. The minimum atomic E-state index is -0.552. The van der Waals surface area contributed by atoms with Gasteiger partial charge in [-0.25, -0.2) is 4.98 Å². The lowest BCUT2D eigenvalue weighted by molar-refractivity contribution is -0.119. The molecule has 2 aliphatic heterocycles. The van der Waals surface area contributed by atoms with Crippen LogP contribution in [-0.2, 0) is 10.2 Å². The average molecular weight is 394 g/mol. The van der Waals surface area contributed by atoms with Gasteiger partial charge in [-0.3, -0.25) is 4.79 Å². The molecule has 0 atom stereocenters. The second-order valence-corrected chi connectivity index (χ2v) is 7.31. The van der Waals surface area contributed by atoms with E-state index in [1.54, 1.807) is 6.20 Å². The Balaban J connectivity index is 0.00000121. The first-order valence-corrected chi connectivity index (χ1v) is 8.69. The van der Waals surface area contributed by atoms with E-state index in [-0.39, 0.29) is 30.7 Å². The summed E-state index contributed by atoms with van der Waals surface area (Å²) < 4.78 is 0. The first-order valence-electron chi connectivity index (χ1n) is 8.69. The predicted molar refractivity (Wildman–Crippen MR) is 111 cm³/mol. The summed E-state index contributed by atoms with van der Waals surface area (Å²) in [4.78, 5) is 16.7. The monoisotopic (exact) mass is 393 g/mol. The molecule has 4 nitrogen and oxygen atoms in total. The van der Waals surface area contributed by atoms with Crippen molar-refractivity contribution in [3.63, 3.8) is 0 Å². The van der Waals surface area contributed by atoms with Crippen molar-refractivity contribution in [3.8, 4) is 11.1 Å². The third-order valence-corrected chi connectivity index (χ3v) is 5.38. The van der Waals surface area contributed by atoms with E-state index in [0.29, 0.717) is 11.7 Å². The van der Waals surface area contributed by atoms with Gasteiger partial charge in [0.15, 0.2) is 0 Å². The summed E-state index contributed by atoms with van der Waals surface area (Å²) >= 11 is 0. The van der Waals surface area contributed by atoms with Crippen molar-refractivity contribution >= 4 is 36.5 Å². The lowest BCUT2D eigenvalue weighted by Gasteiger charge is -2.24. The van der Waals surface area contributed by atoms with Crippen LogP contribution in [0.5, 0.6) is 0 Å². The number of nitrogens with one attached hydrogen (secondary N) is 2. The molecular weight excluding hydrogens is 369 g/mol. The fourth-order valence-electron chi connectivity index (χ4n) is 3.92. The molecule has 0 aliphatic carbocycles. The highest BCUT2D eigenvalue weighted by Crippen LogP contribution is 2.42. The third kappa shape index (κ3) is 3.46. The minimum Gasteiger partial charge on any atom is -0.317 e. The minimum absolute atomic E-state index is 0. The smallest absolute Gasteiger partial charge is 0.235 e. The van der Waals surface area contributed by atoms with Crippen LogP contribution in [0.2, 0.25) is 0 Å². The van der Waals surface area contributed by atoms with Crippen molar-refractivity contribution in [2.75, 3.05) is 18.4 Å². The van der Waals surface area contributed by atoms with Gasteiger partial charge in [0.05, 0.1) is 5.41 Å². The summed E-state index contributed by atoms with van der Waals surface area (Å²) in [7, 11) is 0. The Labute approximate surface area is 167 Å². The van der Waals surface area contributed by atoms with Crippen molar-refractivity contribution in [1.29, 1.82) is 0 Å². The number of carbonyl (C=O) groups is 1. The number of fused-ring (bicyclic) bond motifs is 1. The molecule has 2 aliphatic rings. The number of hydrogen-bond donors (Lipinski definition) is 2. The molecule has 3 heterocycles. The number of pyridine rings is 1. The molecule has 0 saturated carbocycles. The summed E-state index contributed by atoms with van der Waals surface area (Å²) in [6.45, 7) is 6.11. The fraction of sp³-hybridized carbons (Fsp3) is 0.400. The molecule has 4 rings (SSSR count). The van der Waals surface area contributed by atoms with E-state index >= 15 is 0 Å². The number of anilines is 1. The van der Waals surface area contributed by atoms with E-state index in [0.717, 1.165) is 24.2 Å². The molecule has 0 spiro atoms. The summed E-state index contributed by atoms with van der Waals surface area (Å²) in [6.07, 6.45) is 4.15. The van der Waals surface area contributed by atoms with Gasteiger partial charge in [-0.15, -0.1) is 24.8 Å². The fourth-order valence-corrected chi connectivity index (χ4v) is 3.92. The van der Waals surface area contributed by atoms with Crippen LogP contribution in [0.4, 0.5) is 5.82 Å². The first-order chi connectivity index (χ1) is 11.6. The molecule has 0 unspecified atom stereocenters. The highest BCUT2D eigenvalue weighted by atomic mass is 35.5. The lowest BCUT2D eigenvalue weighted by atomic mass is 9.81. The molecule has 1 amide bonds. The van der Waals surface area contributed by atoms with Gasteiger partial charge < -0.3 is 10.6 Å². The van der Waals surface area contributed by atoms with E-state index < -0.39 is 5.41 Å². The van der Waals surface area contributed by atoms with Crippen LogP contribution in [0, 0.1) is 0 Å². The van der Waals surface area contributed by atoms with Gasteiger partial charge in [0.1, 0.15) is 5.82 Å². The Bertz CT molecular complexity index is 801. The number of rotatable bonds is 2. The molecule has 26 heavy (non-hydrogen) atoms. The van der Waals surface area contributed by atoms with Crippen LogP contribution in [0.1, 0.15) is 43.7 Å². The standard InChI is InChI=1S/C20H23N3O.2ClH/c1-20(2)17-16(8-11-22-18(17)23-19(20)24)15-5-3-4-14(12-15)13-6-9-21-10-7-13;;/h3-5,8,11-13,21H,6-7,9-10H2,1-2H3,(H,22,23,24);2*1H. The van der Waals surface area contributed by atoms with Crippen LogP contribution >= 0.6 is 24.8 Å². The van der Waals surface area contributed by atoms with E-state index in [4.69, 9.17) is 0 Å². The van der Waals surface area contributed by atoms with Crippen LogP contribution in [0.3, 0.4) is 0 Å². The topological polar surface area (TPSA) is 54.0 Å². The van der Waals surface area contributed by atoms with E-state index in [9.17, 15) is 4.79 Å². The van der Waals surface area contributed by atoms with Crippen molar-refractivity contribution in [3.05, 3.63) is 47.7 Å². The van der Waals surface area contributed by atoms with Crippen molar-refractivity contribution in [2.45, 2.75) is 38.0 Å². The molecule has 6 heteroatoms. The quantitative estimate of drug-likeness (QED) is 0.799. The molecule has 1 saturated heterocycles. The predicted octanol–water partition coefficient (Wildman–Crippen LogP) is 4.29. The molecule has 1 aromatic heterocycles. The molecule has 0 radical (unpaired) electrons. The second kappa shape index (κ2) is 7.95. The highest BCUT2D eigenvalue weighted by molar-refractivity contribution is 6.06. The molecule has 1 fully saturated rings. The maximum Gasteiger partial charge on any atom is 0.235 e. The molecular formula is C20H25Cl2N3O. The molecule has 2 aromatic rings. The normalized spacial score (nSPS) is 18.3. The number of nitrogens with zero attached hydrogens (tertiary/aromatic N) is 1. The van der Waals surface area contributed by atoms with Gasteiger partial charge in [0, 0.05) is 11.8 Å². The Morgan fingerprint density at radius 2 is 1.85 bits per heavy atom. The SMILES string of the molecule is CC1(C)C(=O)Nc2nccc(-c3cccc(C4CCNCC4)c3)c21.Cl.Cl. The highest BCUT2D eigenvalue weighted by Gasteiger charge is 2.41. The van der Waals surface area contributed by atoms with E-state index in [1.807, 2.05) is 19.9 Å². The second-order valence-electron chi connectivity index (χ2n) is 7.31. The first kappa shape index (κ1) is 20.7. The maximum absolute atomic E-state index is 12.3. The van der Waals surface area contributed by atoms with Gasteiger partial charge in [0.2, 0.25) is 5.91 Å². The van der Waals surface area contributed by atoms with E-state index in [1.165, 1.54) is 24.0 Å². The van der Waals surface area contributed by atoms with E-state index in [2.05, 4.69) is 39.9 Å². The number of hydrogen-bond acceptors (Lipinski definition) is 3. The number of benzene rings is 1. The Hall–Kier alpha value is -1.62. The summed E-state index contributed by atoms with van der Waals surface area (Å²) in [5.74, 6) is 1.34. The van der Waals surface area contributed by atoms with Gasteiger partial charge in [-0.1, -0.05) is 24.3 Å². The molecule has 2 N–H and O–H groups in total. The average Bonchev–Trinajstić information content (AvgIpc) is 2.85. The number of aromatic nitrogens is 1. The molecule has 140 valence electrons. The van der Waals surface area contributed by atoms with Gasteiger partial charge in [0.25, 0.3) is 0 Å². The van der Waals surface area contributed by atoms with Crippen molar-refractivity contribution in [2.24, 2.45) is 0 Å². The zero-order chi connectivity index (χ0) is 16.7. The number of piperidine rings is 1. The Kier molecular flexibility index (Phi) is 6.33. The number of amides is 1. The maximum atomic E-state index is 12.3. The number of carbonyl (C=O) groups excluding carboxylic acids is 1. The zero-order valence-electron chi connectivity index (χ0n) is 15.0. The largest absolute Gasteiger partial charge is 0.317 e. The zero-order valence-corrected chi connectivity index (χ0v) is 16.7. The van der Waals surface area contributed by atoms with Gasteiger partial charge >= 0.3 is 0 Å². The molecule has 0 bridgehead atoms. The lowest BCUT2D eigenvalue weighted by Crippen LogP contribution is -2.27. The Morgan fingerprint density at radius 3 is 2.58 bits per heavy atom. The number of halogens is 2. The van der Waals surface area contributed by atoms with Crippen LogP contribution in [0.25, 0.3) is 11.1 Å². The van der Waals surface area contributed by atoms with Crippen LogP contribution in [-0.4, -0.2) is 24.0 Å². The van der Waals surface area contributed by atoms with Gasteiger partial charge in [-0.05, 0) is 68.5 Å². The summed E-state index contributed by atoms with van der Waals surface area (Å²) in [5.41, 5.74) is 4.14. The third-order valence-electron chi connectivity index (χ3n) is 5.38. The van der Waals surface area contributed by atoms with Crippen molar-refractivity contribution in [1.82, 2.24) is 10.3 Å². The van der Waals surface area contributed by atoms with Crippen LogP contribution in [0.15, 0.2) is 36.5 Å². The van der Waals surface area contributed by atoms with Crippen LogP contribution < -0.4 is 10.6 Å². The van der Waals surface area contributed by atoms with Crippen molar-refractivity contribution < 1.29 is 4.79 Å². The summed E-state index contributed by atoms with van der Waals surface area (Å²) in [5, 5.41) is 6.34. The Morgan fingerprint density at radius 1 is 1.12 bits per heavy atom. The van der Waals surface area contributed by atoms with Gasteiger partial charge in [-0.2, -0.15) is 0 Å².